The molecule has 4 rings (SSSR count). The molecule has 0 atom stereocenters. The van der Waals surface area contributed by atoms with E-state index in [2.05, 4.69) is 44.6 Å². The predicted molar refractivity (Wildman–Crippen MR) is 137 cm³/mol. The summed E-state index contributed by atoms with van der Waals surface area (Å²) in [6.07, 6.45) is 1.70. The average Bonchev–Trinajstić information content (AvgIpc) is 3.06. The largest absolute Gasteiger partial charge is 0.487 e. The van der Waals surface area contributed by atoms with Crippen molar-refractivity contribution in [2.75, 3.05) is 4.90 Å². The number of ether oxygens (including phenoxy) is 1. The molecule has 5 nitrogen and oxygen atoms in total. The van der Waals surface area contributed by atoms with Gasteiger partial charge in [0.05, 0.1) is 30.3 Å². The minimum atomic E-state index is -0.342. The Balaban J connectivity index is 1.56. The quantitative estimate of drug-likeness (QED) is 0.234. The van der Waals surface area contributed by atoms with Crippen LogP contribution in [0.25, 0.3) is 6.08 Å². The maximum absolute atomic E-state index is 12.8. The molecular formula is C24H14BrIN2O3S. The van der Waals surface area contributed by atoms with Gasteiger partial charge in [-0.1, -0.05) is 36.4 Å². The van der Waals surface area contributed by atoms with Crippen LogP contribution in [0.2, 0.25) is 0 Å². The molecule has 0 radical (unpaired) electrons. The van der Waals surface area contributed by atoms with E-state index in [4.69, 9.17) is 4.74 Å². The van der Waals surface area contributed by atoms with Gasteiger partial charge in [0.1, 0.15) is 12.4 Å². The zero-order valence-electron chi connectivity index (χ0n) is 16.4. The van der Waals surface area contributed by atoms with Gasteiger partial charge < -0.3 is 4.74 Å². The number of carbonyl (C=O) groups excluding carboxylic acids is 2. The van der Waals surface area contributed by atoms with E-state index in [9.17, 15) is 14.9 Å². The summed E-state index contributed by atoms with van der Waals surface area (Å²) >= 11 is 6.62. The van der Waals surface area contributed by atoms with Crippen LogP contribution in [0.3, 0.4) is 0 Å². The second-order valence-electron chi connectivity index (χ2n) is 6.72. The Bertz CT molecular complexity index is 1260. The molecule has 1 fully saturated rings. The molecule has 8 heteroatoms. The molecule has 3 aromatic carbocycles. The third kappa shape index (κ3) is 4.75. The second-order valence-corrected chi connectivity index (χ2v) is 9.73. The summed E-state index contributed by atoms with van der Waals surface area (Å²) in [7, 11) is 0. The lowest BCUT2D eigenvalue weighted by Gasteiger charge is -2.13. The van der Waals surface area contributed by atoms with Gasteiger partial charge in [0.25, 0.3) is 11.1 Å². The Morgan fingerprint density at radius 2 is 1.81 bits per heavy atom. The molecule has 0 aromatic heterocycles. The lowest BCUT2D eigenvalue weighted by atomic mass is 10.1. The second kappa shape index (κ2) is 9.90. The maximum Gasteiger partial charge on any atom is 0.298 e. The van der Waals surface area contributed by atoms with E-state index in [1.54, 1.807) is 36.4 Å². The van der Waals surface area contributed by atoms with Crippen molar-refractivity contribution in [2.24, 2.45) is 0 Å². The van der Waals surface area contributed by atoms with Crippen LogP contribution in [0.15, 0.2) is 76.1 Å². The van der Waals surface area contributed by atoms with Gasteiger partial charge in [-0.15, -0.1) is 0 Å². The molecule has 158 valence electrons. The average molecular weight is 617 g/mol. The highest BCUT2D eigenvalue weighted by molar-refractivity contribution is 14.1. The number of nitriles is 1. The zero-order valence-corrected chi connectivity index (χ0v) is 21.0. The van der Waals surface area contributed by atoms with Crippen molar-refractivity contribution < 1.29 is 14.3 Å². The van der Waals surface area contributed by atoms with E-state index in [0.29, 0.717) is 26.4 Å². The van der Waals surface area contributed by atoms with E-state index < -0.39 is 0 Å². The standard InChI is InChI=1S/C24H14BrIN2O3S/c25-19-10-15(11-20(26)22(19)31-14-17-7-5-4-6-16(17)13-27)12-21-23(29)28(24(30)32-21)18-8-2-1-3-9-18/h1-12H,14H2/b21-12-. The van der Waals surface area contributed by atoms with Crippen LogP contribution in [-0.4, -0.2) is 11.1 Å². The van der Waals surface area contributed by atoms with Crippen molar-refractivity contribution in [1.29, 1.82) is 5.26 Å². The topological polar surface area (TPSA) is 70.4 Å². The van der Waals surface area contributed by atoms with Crippen LogP contribution in [0, 0.1) is 14.9 Å². The van der Waals surface area contributed by atoms with Crippen molar-refractivity contribution in [3.63, 3.8) is 0 Å². The molecule has 0 bridgehead atoms. The number of rotatable bonds is 5. The van der Waals surface area contributed by atoms with Gasteiger partial charge in [-0.3, -0.25) is 9.59 Å². The van der Waals surface area contributed by atoms with Crippen molar-refractivity contribution in [3.8, 4) is 11.8 Å². The Labute approximate surface area is 211 Å². The smallest absolute Gasteiger partial charge is 0.298 e. The van der Waals surface area contributed by atoms with Crippen molar-refractivity contribution in [2.45, 2.75) is 6.61 Å². The first-order chi connectivity index (χ1) is 15.5. The van der Waals surface area contributed by atoms with Gasteiger partial charge >= 0.3 is 0 Å². The lowest BCUT2D eigenvalue weighted by Crippen LogP contribution is -2.27. The Morgan fingerprint density at radius 1 is 1.09 bits per heavy atom. The number of hydrogen-bond donors (Lipinski definition) is 0. The van der Waals surface area contributed by atoms with Gasteiger partial charge in [-0.25, -0.2) is 4.90 Å². The first-order valence-electron chi connectivity index (χ1n) is 9.41. The lowest BCUT2D eigenvalue weighted by molar-refractivity contribution is -0.113. The van der Waals surface area contributed by atoms with Crippen LogP contribution in [-0.2, 0) is 11.4 Å². The number of para-hydroxylation sites is 1. The van der Waals surface area contributed by atoms with Gasteiger partial charge in [-0.2, -0.15) is 5.26 Å². The number of nitrogens with zero attached hydrogens (tertiary/aromatic N) is 2. The van der Waals surface area contributed by atoms with Crippen molar-refractivity contribution in [1.82, 2.24) is 0 Å². The fourth-order valence-corrected chi connectivity index (χ4v) is 5.73. The highest BCUT2D eigenvalue weighted by atomic mass is 127. The summed E-state index contributed by atoms with van der Waals surface area (Å²) in [5.74, 6) is 0.304. The number of carbonyl (C=O) groups is 2. The van der Waals surface area contributed by atoms with E-state index in [1.807, 2.05) is 36.4 Å². The number of hydrogen-bond acceptors (Lipinski definition) is 5. The van der Waals surface area contributed by atoms with Gasteiger partial charge in [-0.05, 0) is 92.3 Å². The molecule has 32 heavy (non-hydrogen) atoms. The van der Waals surface area contributed by atoms with E-state index in [0.717, 1.165) is 26.5 Å². The fraction of sp³-hybridized carbons (Fsp3) is 0.0417. The normalized spacial score (nSPS) is 14.7. The molecule has 1 aliphatic heterocycles. The summed E-state index contributed by atoms with van der Waals surface area (Å²) in [5, 5.41) is 8.93. The van der Waals surface area contributed by atoms with Crippen LogP contribution in [0.5, 0.6) is 5.75 Å². The molecule has 1 aliphatic rings. The number of thioether (sulfide) groups is 1. The maximum atomic E-state index is 12.8. The predicted octanol–water partition coefficient (Wildman–Crippen LogP) is 6.75. The molecule has 0 spiro atoms. The number of benzene rings is 3. The van der Waals surface area contributed by atoms with Crippen LogP contribution < -0.4 is 9.64 Å². The zero-order chi connectivity index (χ0) is 22.7. The molecule has 1 saturated heterocycles. The van der Waals surface area contributed by atoms with Gasteiger partial charge in [0.15, 0.2) is 0 Å². The molecular weight excluding hydrogens is 603 g/mol. The Kier molecular flexibility index (Phi) is 6.98. The highest BCUT2D eigenvalue weighted by Gasteiger charge is 2.36. The van der Waals surface area contributed by atoms with Crippen LogP contribution >= 0.6 is 50.3 Å². The first kappa shape index (κ1) is 22.6. The first-order valence-corrected chi connectivity index (χ1v) is 12.1. The van der Waals surface area contributed by atoms with Crippen LogP contribution in [0.4, 0.5) is 10.5 Å². The number of halogens is 2. The number of anilines is 1. The van der Waals surface area contributed by atoms with Crippen LogP contribution in [0.1, 0.15) is 16.7 Å². The SMILES string of the molecule is N#Cc1ccccc1COc1c(Br)cc(/C=C2\SC(=O)N(c3ccccc3)C2=O)cc1I. The molecule has 3 aromatic rings. The fourth-order valence-electron chi connectivity index (χ4n) is 3.12. The summed E-state index contributed by atoms with van der Waals surface area (Å²) in [6, 6.07) is 22.1. The molecule has 0 N–H and O–H groups in total. The summed E-state index contributed by atoms with van der Waals surface area (Å²) in [4.78, 5) is 26.8. The van der Waals surface area contributed by atoms with Crippen molar-refractivity contribution in [3.05, 3.63) is 96.4 Å². The summed E-state index contributed by atoms with van der Waals surface area (Å²) < 4.78 is 7.52. The molecule has 0 unspecified atom stereocenters. The summed E-state index contributed by atoms with van der Waals surface area (Å²) in [6.45, 7) is 0.258. The van der Waals surface area contributed by atoms with Crippen molar-refractivity contribution >= 4 is 73.2 Å². The molecule has 2 amide bonds. The number of amides is 2. The number of imide groups is 1. The highest BCUT2D eigenvalue weighted by Crippen LogP contribution is 2.38. The molecule has 0 saturated carbocycles. The minimum Gasteiger partial charge on any atom is -0.487 e. The monoisotopic (exact) mass is 616 g/mol. The summed E-state index contributed by atoms with van der Waals surface area (Å²) in [5.41, 5.74) is 2.70. The van der Waals surface area contributed by atoms with E-state index in [-0.39, 0.29) is 17.8 Å². The van der Waals surface area contributed by atoms with E-state index in [1.165, 1.54) is 4.90 Å². The third-order valence-corrected chi connectivity index (χ3v) is 6.90. The van der Waals surface area contributed by atoms with E-state index >= 15 is 0 Å². The Hall–Kier alpha value is -2.61. The third-order valence-electron chi connectivity index (χ3n) is 4.64. The van der Waals surface area contributed by atoms with Gasteiger partial charge in [0.2, 0.25) is 0 Å². The molecule has 1 heterocycles. The molecule has 0 aliphatic carbocycles. The Morgan fingerprint density at radius 3 is 2.53 bits per heavy atom. The minimum absolute atomic E-state index is 0.258. The van der Waals surface area contributed by atoms with Gasteiger partial charge in [0, 0.05) is 5.56 Å².